The van der Waals surface area contributed by atoms with Crippen LogP contribution >= 0.6 is 15.9 Å². The molecule has 0 spiro atoms. The third-order valence-corrected chi connectivity index (χ3v) is 6.27. The molecule has 0 atom stereocenters. The Morgan fingerprint density at radius 1 is 1.32 bits per heavy atom. The zero-order valence-corrected chi connectivity index (χ0v) is 14.2. The summed E-state index contributed by atoms with van der Waals surface area (Å²) in [6.07, 6.45) is 0. The lowest BCUT2D eigenvalue weighted by atomic mass is 10.1. The summed E-state index contributed by atoms with van der Waals surface area (Å²) in [6.45, 7) is 7.72. The molecule has 19 heavy (non-hydrogen) atoms. The van der Waals surface area contributed by atoms with Crippen LogP contribution in [0.15, 0.2) is 21.5 Å². The largest absolute Gasteiger partial charge is 0.313 e. The van der Waals surface area contributed by atoms with E-state index in [9.17, 15) is 8.42 Å². The summed E-state index contributed by atoms with van der Waals surface area (Å²) in [5.74, 6) is 0. The van der Waals surface area contributed by atoms with E-state index in [2.05, 4.69) is 21.2 Å². The predicted octanol–water partition coefficient (Wildman–Crippen LogP) is 2.51. The van der Waals surface area contributed by atoms with Crippen molar-refractivity contribution >= 4 is 26.0 Å². The van der Waals surface area contributed by atoms with Gasteiger partial charge in [-0.3, -0.25) is 0 Å². The SMILES string of the molecule is CCNCc1cc(C)c(Br)c(S(=O)(=O)N(C)CC)c1. The molecular weight excluding hydrogens is 328 g/mol. The van der Waals surface area contributed by atoms with E-state index in [1.54, 1.807) is 13.1 Å². The van der Waals surface area contributed by atoms with Gasteiger partial charge in [-0.15, -0.1) is 0 Å². The molecule has 0 aromatic heterocycles. The lowest BCUT2D eigenvalue weighted by molar-refractivity contribution is 0.485. The molecule has 0 fully saturated rings. The maximum atomic E-state index is 12.4. The Kier molecular flexibility index (Phi) is 5.98. The van der Waals surface area contributed by atoms with Gasteiger partial charge in [0.05, 0.1) is 4.90 Å². The number of hydrogen-bond acceptors (Lipinski definition) is 3. The van der Waals surface area contributed by atoms with E-state index in [1.165, 1.54) is 4.31 Å². The standard InChI is InChI=1S/C13H21BrN2O2S/c1-5-15-9-11-7-10(3)13(14)12(8-11)19(17,18)16(4)6-2/h7-8,15H,5-6,9H2,1-4H3. The molecule has 1 aromatic carbocycles. The number of rotatable bonds is 6. The van der Waals surface area contributed by atoms with E-state index in [4.69, 9.17) is 0 Å². The van der Waals surface area contributed by atoms with Crippen molar-refractivity contribution in [3.8, 4) is 0 Å². The molecule has 4 nitrogen and oxygen atoms in total. The molecular formula is C13H21BrN2O2S. The van der Waals surface area contributed by atoms with Crippen molar-refractivity contribution in [3.05, 3.63) is 27.7 Å². The highest BCUT2D eigenvalue weighted by Gasteiger charge is 2.23. The third-order valence-electron chi connectivity index (χ3n) is 2.99. The second-order valence-corrected chi connectivity index (χ2v) is 7.23. The molecule has 1 aromatic rings. The van der Waals surface area contributed by atoms with Crippen LogP contribution in [0.3, 0.4) is 0 Å². The van der Waals surface area contributed by atoms with Crippen LogP contribution in [0.4, 0.5) is 0 Å². The fraction of sp³-hybridized carbons (Fsp3) is 0.538. The number of nitrogens with one attached hydrogen (secondary N) is 1. The number of hydrogen-bond donors (Lipinski definition) is 1. The third kappa shape index (κ3) is 3.78. The van der Waals surface area contributed by atoms with E-state index in [1.807, 2.05) is 26.8 Å². The quantitative estimate of drug-likeness (QED) is 0.859. The molecule has 0 radical (unpaired) electrons. The van der Waals surface area contributed by atoms with Crippen LogP contribution in [-0.2, 0) is 16.6 Å². The van der Waals surface area contributed by atoms with E-state index in [-0.39, 0.29) is 0 Å². The summed E-state index contributed by atoms with van der Waals surface area (Å²) in [5.41, 5.74) is 1.91. The first-order chi connectivity index (χ1) is 8.84. The zero-order chi connectivity index (χ0) is 14.6. The summed E-state index contributed by atoms with van der Waals surface area (Å²) in [7, 11) is -1.84. The summed E-state index contributed by atoms with van der Waals surface area (Å²) in [5, 5.41) is 3.21. The number of benzene rings is 1. The van der Waals surface area contributed by atoms with Crippen molar-refractivity contribution in [2.75, 3.05) is 20.1 Å². The predicted molar refractivity (Wildman–Crippen MR) is 81.7 cm³/mol. The van der Waals surface area contributed by atoms with Crippen LogP contribution in [-0.4, -0.2) is 32.9 Å². The van der Waals surface area contributed by atoms with Gasteiger partial charge >= 0.3 is 0 Å². The van der Waals surface area contributed by atoms with Crippen LogP contribution in [0.25, 0.3) is 0 Å². The molecule has 1 rings (SSSR count). The molecule has 1 N–H and O–H groups in total. The molecule has 0 heterocycles. The van der Waals surface area contributed by atoms with Crippen molar-refractivity contribution in [2.24, 2.45) is 0 Å². The van der Waals surface area contributed by atoms with Gasteiger partial charge in [0.25, 0.3) is 0 Å². The van der Waals surface area contributed by atoms with E-state index in [0.717, 1.165) is 17.7 Å². The van der Waals surface area contributed by atoms with Crippen molar-refractivity contribution in [1.29, 1.82) is 0 Å². The first-order valence-electron chi connectivity index (χ1n) is 6.30. The maximum Gasteiger partial charge on any atom is 0.243 e. The maximum absolute atomic E-state index is 12.4. The van der Waals surface area contributed by atoms with Gasteiger partial charge in [0.2, 0.25) is 10.0 Å². The monoisotopic (exact) mass is 348 g/mol. The second kappa shape index (κ2) is 6.83. The van der Waals surface area contributed by atoms with Gasteiger partial charge in [-0.25, -0.2) is 12.7 Å². The van der Waals surface area contributed by atoms with E-state index in [0.29, 0.717) is 22.5 Å². The van der Waals surface area contributed by atoms with Crippen molar-refractivity contribution in [1.82, 2.24) is 9.62 Å². The first kappa shape index (κ1) is 16.6. The van der Waals surface area contributed by atoms with E-state index >= 15 is 0 Å². The zero-order valence-electron chi connectivity index (χ0n) is 11.8. The van der Waals surface area contributed by atoms with Crippen LogP contribution in [0, 0.1) is 6.92 Å². The average molecular weight is 349 g/mol. The van der Waals surface area contributed by atoms with Crippen LogP contribution in [0.5, 0.6) is 0 Å². The lowest BCUT2D eigenvalue weighted by Gasteiger charge is -2.18. The highest BCUT2D eigenvalue weighted by atomic mass is 79.9. The van der Waals surface area contributed by atoms with Gasteiger partial charge < -0.3 is 5.32 Å². The highest BCUT2D eigenvalue weighted by Crippen LogP contribution is 2.29. The Morgan fingerprint density at radius 3 is 2.47 bits per heavy atom. The normalized spacial score (nSPS) is 12.1. The van der Waals surface area contributed by atoms with Crippen molar-refractivity contribution in [2.45, 2.75) is 32.2 Å². The average Bonchev–Trinajstić information content (AvgIpc) is 2.38. The highest BCUT2D eigenvalue weighted by molar-refractivity contribution is 9.10. The minimum Gasteiger partial charge on any atom is -0.313 e. The minimum atomic E-state index is -3.43. The summed E-state index contributed by atoms with van der Waals surface area (Å²) >= 11 is 3.39. The molecule has 108 valence electrons. The van der Waals surface area contributed by atoms with Gasteiger partial charge in [0, 0.05) is 24.6 Å². The second-order valence-electron chi connectivity index (χ2n) is 4.42. The van der Waals surface area contributed by atoms with Gasteiger partial charge in [-0.2, -0.15) is 0 Å². The Morgan fingerprint density at radius 2 is 1.95 bits per heavy atom. The topological polar surface area (TPSA) is 49.4 Å². The number of sulfonamides is 1. The summed E-state index contributed by atoms with van der Waals surface area (Å²) in [6, 6.07) is 3.74. The van der Waals surface area contributed by atoms with Gasteiger partial charge in [-0.1, -0.05) is 19.9 Å². The molecule has 6 heteroatoms. The molecule has 0 saturated carbocycles. The fourth-order valence-electron chi connectivity index (χ4n) is 1.71. The Hall–Kier alpha value is -0.430. The van der Waals surface area contributed by atoms with Crippen LogP contribution in [0.1, 0.15) is 25.0 Å². The Labute approximate surface area is 124 Å². The molecule has 0 bridgehead atoms. The molecule has 0 aliphatic heterocycles. The van der Waals surface area contributed by atoms with E-state index < -0.39 is 10.0 Å². The number of halogens is 1. The number of aryl methyl sites for hydroxylation is 1. The molecule has 0 saturated heterocycles. The van der Waals surface area contributed by atoms with Crippen LogP contribution < -0.4 is 5.32 Å². The lowest BCUT2D eigenvalue weighted by Crippen LogP contribution is -2.27. The first-order valence-corrected chi connectivity index (χ1v) is 8.54. The molecule has 0 unspecified atom stereocenters. The fourth-order valence-corrected chi connectivity index (χ4v) is 3.91. The smallest absolute Gasteiger partial charge is 0.243 e. The number of nitrogens with zero attached hydrogens (tertiary/aromatic N) is 1. The molecule has 0 aliphatic carbocycles. The van der Waals surface area contributed by atoms with Gasteiger partial charge in [-0.05, 0) is 46.6 Å². The Balaban J connectivity index is 3.30. The van der Waals surface area contributed by atoms with Crippen molar-refractivity contribution < 1.29 is 8.42 Å². The molecule has 0 amide bonds. The van der Waals surface area contributed by atoms with Gasteiger partial charge in [0.1, 0.15) is 0 Å². The van der Waals surface area contributed by atoms with Crippen LogP contribution in [0.2, 0.25) is 0 Å². The summed E-state index contributed by atoms with van der Waals surface area (Å²) in [4.78, 5) is 0.338. The Bertz CT molecular complexity index is 544. The van der Waals surface area contributed by atoms with Gasteiger partial charge in [0.15, 0.2) is 0 Å². The summed E-state index contributed by atoms with van der Waals surface area (Å²) < 4.78 is 26.9. The van der Waals surface area contributed by atoms with Crippen molar-refractivity contribution in [3.63, 3.8) is 0 Å². The minimum absolute atomic E-state index is 0.338. The molecule has 0 aliphatic rings.